The Morgan fingerprint density at radius 2 is 2.38 bits per heavy atom. The molecule has 5 heteroatoms. The Bertz CT molecular complexity index is 471. The summed E-state index contributed by atoms with van der Waals surface area (Å²) in [5.41, 5.74) is 2.04. The average molecular weight is 180 g/mol. The molecule has 0 saturated heterocycles. The monoisotopic (exact) mass is 180 g/mol. The minimum Gasteiger partial charge on any atom is -0.408 e. The van der Waals surface area contributed by atoms with Crippen molar-refractivity contribution in [3.63, 3.8) is 0 Å². The van der Waals surface area contributed by atoms with Gasteiger partial charge in [0.05, 0.1) is 12.1 Å². The zero-order valence-electron chi connectivity index (χ0n) is 6.74. The van der Waals surface area contributed by atoms with Gasteiger partial charge in [0, 0.05) is 0 Å². The maximum Gasteiger partial charge on any atom is 0.417 e. The van der Waals surface area contributed by atoms with Crippen LogP contribution in [0.5, 0.6) is 0 Å². The predicted octanol–water partition coefficient (Wildman–Crippen LogP) is 0.511. The number of benzene rings is 1. The Hall–Kier alpha value is -1.59. The standard InChI is InChI=1S/C8H8N2O3/c9-12-4-5-1-2-6-7(3-5)13-8(11)10-6/h1-3H,4,9H2,(H,10,11). The quantitative estimate of drug-likeness (QED) is 0.660. The van der Waals surface area contributed by atoms with E-state index in [0.29, 0.717) is 17.7 Å². The highest BCUT2D eigenvalue weighted by atomic mass is 16.6. The summed E-state index contributed by atoms with van der Waals surface area (Å²) in [6.45, 7) is 0.296. The lowest BCUT2D eigenvalue weighted by molar-refractivity contribution is 0.124. The van der Waals surface area contributed by atoms with Crippen molar-refractivity contribution in [2.24, 2.45) is 5.90 Å². The van der Waals surface area contributed by atoms with Crippen molar-refractivity contribution in [2.45, 2.75) is 6.61 Å². The number of hydrogen-bond donors (Lipinski definition) is 2. The summed E-state index contributed by atoms with van der Waals surface area (Å²) in [5, 5.41) is 0. The summed E-state index contributed by atoms with van der Waals surface area (Å²) < 4.78 is 4.85. The van der Waals surface area contributed by atoms with Gasteiger partial charge in [-0.25, -0.2) is 10.7 Å². The first-order valence-electron chi connectivity index (χ1n) is 3.73. The molecule has 0 radical (unpaired) electrons. The molecule has 13 heavy (non-hydrogen) atoms. The smallest absolute Gasteiger partial charge is 0.408 e. The van der Waals surface area contributed by atoms with E-state index in [1.807, 2.05) is 0 Å². The molecule has 68 valence electrons. The molecule has 0 fully saturated rings. The van der Waals surface area contributed by atoms with Crippen molar-refractivity contribution >= 4 is 11.1 Å². The summed E-state index contributed by atoms with van der Waals surface area (Å²) in [6, 6.07) is 5.26. The van der Waals surface area contributed by atoms with Gasteiger partial charge in [0.25, 0.3) is 0 Å². The molecule has 0 spiro atoms. The zero-order valence-corrected chi connectivity index (χ0v) is 6.74. The first kappa shape index (κ1) is 8.03. The average Bonchev–Trinajstić information content (AvgIpc) is 2.44. The van der Waals surface area contributed by atoms with Crippen LogP contribution < -0.4 is 11.7 Å². The van der Waals surface area contributed by atoms with E-state index in [0.717, 1.165) is 5.56 Å². The van der Waals surface area contributed by atoms with E-state index < -0.39 is 5.76 Å². The van der Waals surface area contributed by atoms with Crippen molar-refractivity contribution < 1.29 is 9.25 Å². The molecular formula is C8H8N2O3. The number of nitrogens with one attached hydrogen (secondary N) is 1. The van der Waals surface area contributed by atoms with E-state index in [9.17, 15) is 4.79 Å². The molecule has 1 aromatic carbocycles. The highest BCUT2D eigenvalue weighted by Crippen LogP contribution is 2.12. The van der Waals surface area contributed by atoms with Crippen LogP contribution in [-0.4, -0.2) is 4.98 Å². The Morgan fingerprint density at radius 1 is 1.54 bits per heavy atom. The van der Waals surface area contributed by atoms with E-state index in [2.05, 4.69) is 9.82 Å². The summed E-state index contributed by atoms with van der Waals surface area (Å²) in [4.78, 5) is 17.8. The van der Waals surface area contributed by atoms with Crippen LogP contribution in [0.3, 0.4) is 0 Å². The lowest BCUT2D eigenvalue weighted by Gasteiger charge is -1.96. The number of rotatable bonds is 2. The topological polar surface area (TPSA) is 81.2 Å². The second-order valence-corrected chi connectivity index (χ2v) is 2.66. The molecular weight excluding hydrogens is 172 g/mol. The Balaban J connectivity index is 2.54. The number of fused-ring (bicyclic) bond motifs is 1. The van der Waals surface area contributed by atoms with Crippen molar-refractivity contribution in [3.05, 3.63) is 34.3 Å². The Kier molecular flexibility index (Phi) is 1.88. The van der Waals surface area contributed by atoms with Crippen LogP contribution in [0.1, 0.15) is 5.56 Å². The number of H-pyrrole nitrogens is 1. The second kappa shape index (κ2) is 3.04. The number of aromatic amines is 1. The summed E-state index contributed by atoms with van der Waals surface area (Å²) >= 11 is 0. The van der Waals surface area contributed by atoms with Crippen molar-refractivity contribution in [1.29, 1.82) is 0 Å². The van der Waals surface area contributed by atoms with Crippen LogP contribution in [-0.2, 0) is 11.4 Å². The maximum absolute atomic E-state index is 10.8. The zero-order chi connectivity index (χ0) is 9.26. The van der Waals surface area contributed by atoms with Gasteiger partial charge in [0.2, 0.25) is 0 Å². The maximum atomic E-state index is 10.8. The van der Waals surface area contributed by atoms with Crippen molar-refractivity contribution in [2.75, 3.05) is 0 Å². The Labute approximate surface area is 73.1 Å². The van der Waals surface area contributed by atoms with Crippen LogP contribution in [0.2, 0.25) is 0 Å². The Morgan fingerprint density at radius 3 is 3.15 bits per heavy atom. The molecule has 3 N–H and O–H groups in total. The molecule has 0 aliphatic rings. The molecule has 2 rings (SSSR count). The van der Waals surface area contributed by atoms with E-state index >= 15 is 0 Å². The number of oxazole rings is 1. The molecule has 0 aliphatic carbocycles. The lowest BCUT2D eigenvalue weighted by atomic mass is 10.2. The molecule has 1 aromatic heterocycles. The first-order valence-corrected chi connectivity index (χ1v) is 3.73. The SMILES string of the molecule is NOCc1ccc2[nH]c(=O)oc2c1. The third-order valence-electron chi connectivity index (χ3n) is 1.74. The van der Waals surface area contributed by atoms with Gasteiger partial charge in [0.15, 0.2) is 5.58 Å². The minimum atomic E-state index is -0.458. The third kappa shape index (κ3) is 1.47. The van der Waals surface area contributed by atoms with E-state index in [-0.39, 0.29) is 0 Å². The fourth-order valence-electron chi connectivity index (χ4n) is 1.18. The molecule has 0 saturated carbocycles. The largest absolute Gasteiger partial charge is 0.417 e. The second-order valence-electron chi connectivity index (χ2n) is 2.66. The van der Waals surface area contributed by atoms with Crippen molar-refractivity contribution in [1.82, 2.24) is 4.98 Å². The number of hydrogen-bond acceptors (Lipinski definition) is 4. The predicted molar refractivity (Wildman–Crippen MR) is 45.8 cm³/mol. The highest BCUT2D eigenvalue weighted by Gasteiger charge is 2.01. The van der Waals surface area contributed by atoms with Gasteiger partial charge in [-0.1, -0.05) is 6.07 Å². The van der Waals surface area contributed by atoms with Crippen LogP contribution in [0.15, 0.2) is 27.4 Å². The normalized spacial score (nSPS) is 10.8. The molecule has 0 amide bonds. The van der Waals surface area contributed by atoms with Gasteiger partial charge in [0.1, 0.15) is 0 Å². The molecule has 2 aromatic rings. The van der Waals surface area contributed by atoms with E-state index in [1.54, 1.807) is 18.2 Å². The lowest BCUT2D eigenvalue weighted by Crippen LogP contribution is -1.98. The number of aromatic nitrogens is 1. The summed E-state index contributed by atoms with van der Waals surface area (Å²) in [7, 11) is 0. The van der Waals surface area contributed by atoms with Crippen LogP contribution >= 0.6 is 0 Å². The van der Waals surface area contributed by atoms with Gasteiger partial charge in [-0.3, -0.25) is 9.82 Å². The molecule has 0 bridgehead atoms. The fraction of sp³-hybridized carbons (Fsp3) is 0.125. The van der Waals surface area contributed by atoms with Gasteiger partial charge < -0.3 is 4.42 Å². The molecule has 0 atom stereocenters. The third-order valence-corrected chi connectivity index (χ3v) is 1.74. The van der Waals surface area contributed by atoms with Gasteiger partial charge in [-0.05, 0) is 17.7 Å². The number of nitrogens with two attached hydrogens (primary N) is 1. The van der Waals surface area contributed by atoms with E-state index in [4.69, 9.17) is 10.3 Å². The molecule has 5 nitrogen and oxygen atoms in total. The summed E-state index contributed by atoms with van der Waals surface area (Å²) in [5.74, 6) is 4.45. The van der Waals surface area contributed by atoms with Crippen LogP contribution in [0.25, 0.3) is 11.1 Å². The minimum absolute atomic E-state index is 0.296. The van der Waals surface area contributed by atoms with Gasteiger partial charge in [-0.15, -0.1) is 0 Å². The van der Waals surface area contributed by atoms with Gasteiger partial charge in [-0.2, -0.15) is 0 Å². The molecule has 0 aliphatic heterocycles. The van der Waals surface area contributed by atoms with Gasteiger partial charge >= 0.3 is 5.76 Å². The van der Waals surface area contributed by atoms with E-state index in [1.165, 1.54) is 0 Å². The van der Waals surface area contributed by atoms with Crippen LogP contribution in [0, 0.1) is 0 Å². The van der Waals surface area contributed by atoms with Crippen molar-refractivity contribution in [3.8, 4) is 0 Å². The van der Waals surface area contributed by atoms with Crippen LogP contribution in [0.4, 0.5) is 0 Å². The molecule has 0 unspecified atom stereocenters. The first-order chi connectivity index (χ1) is 6.29. The molecule has 1 heterocycles. The highest BCUT2D eigenvalue weighted by molar-refractivity contribution is 5.72. The summed E-state index contributed by atoms with van der Waals surface area (Å²) in [6.07, 6.45) is 0. The fourth-order valence-corrected chi connectivity index (χ4v) is 1.18.